The molecule has 0 aliphatic carbocycles. The molecule has 2 fully saturated rings. The van der Waals surface area contributed by atoms with Crippen molar-refractivity contribution < 1.29 is 28.7 Å². The van der Waals surface area contributed by atoms with Gasteiger partial charge in [-0.1, -0.05) is 50.2 Å². The number of thiazole rings is 1. The van der Waals surface area contributed by atoms with Gasteiger partial charge in [0.25, 0.3) is 5.91 Å². The normalized spacial score (nSPS) is 22.6. The Balaban J connectivity index is 1.24. The van der Waals surface area contributed by atoms with Crippen molar-refractivity contribution in [2.75, 3.05) is 39.1 Å². The van der Waals surface area contributed by atoms with E-state index in [9.17, 15) is 19.2 Å². The average molecular weight is 713 g/mol. The molecule has 2 aromatic carbocycles. The Kier molecular flexibility index (Phi) is 11.0. The Morgan fingerprint density at radius 1 is 1.02 bits per heavy atom. The van der Waals surface area contributed by atoms with Crippen molar-refractivity contribution in [3.05, 3.63) is 82.5 Å². The van der Waals surface area contributed by atoms with Gasteiger partial charge in [-0.3, -0.25) is 19.2 Å². The van der Waals surface area contributed by atoms with Crippen LogP contribution in [0.1, 0.15) is 71.6 Å². The van der Waals surface area contributed by atoms with Gasteiger partial charge in [0, 0.05) is 19.0 Å². The van der Waals surface area contributed by atoms with Crippen LogP contribution < -0.4 is 15.8 Å². The van der Waals surface area contributed by atoms with Gasteiger partial charge in [-0.15, -0.1) is 11.3 Å². The molecule has 6 rings (SSSR count). The topological polar surface area (TPSA) is 157 Å². The van der Waals surface area contributed by atoms with Gasteiger partial charge in [-0.2, -0.15) is 0 Å². The summed E-state index contributed by atoms with van der Waals surface area (Å²) in [7, 11) is 3.44. The molecule has 2 aromatic heterocycles. The van der Waals surface area contributed by atoms with E-state index < -0.39 is 17.7 Å². The molecule has 51 heavy (non-hydrogen) atoms. The molecule has 13 heteroatoms. The zero-order chi connectivity index (χ0) is 36.2. The predicted molar refractivity (Wildman–Crippen MR) is 194 cm³/mol. The number of carbonyl (C=O) groups excluding carboxylic acids is 4. The highest BCUT2D eigenvalue weighted by molar-refractivity contribution is 7.18. The number of esters is 1. The van der Waals surface area contributed by atoms with Crippen molar-refractivity contribution in [3.63, 3.8) is 0 Å². The van der Waals surface area contributed by atoms with Gasteiger partial charge < -0.3 is 30.3 Å². The summed E-state index contributed by atoms with van der Waals surface area (Å²) in [6, 6.07) is 16.8. The lowest BCUT2D eigenvalue weighted by atomic mass is 9.82. The number of carbonyl (C=O) groups is 4. The maximum absolute atomic E-state index is 13.7. The third-order valence-corrected chi connectivity index (χ3v) is 11.1. The van der Waals surface area contributed by atoms with Crippen LogP contribution in [0.25, 0.3) is 10.2 Å². The second-order valence-corrected chi connectivity index (χ2v) is 14.9. The minimum Gasteiger partial charge on any atom is -0.480 e. The van der Waals surface area contributed by atoms with Crippen molar-refractivity contribution in [2.45, 2.75) is 51.7 Å². The number of aromatic nitrogens is 2. The number of pyridine rings is 1. The summed E-state index contributed by atoms with van der Waals surface area (Å²) >= 11 is 1.60. The first kappa shape index (κ1) is 35.9. The first-order chi connectivity index (χ1) is 24.5. The second-order valence-electron chi connectivity index (χ2n) is 13.8. The molecular formula is C38H44N6O6S. The standard InChI is InChI=1S/C38H44N6O6S/c1-22-10-12-30(44(19-22)37(47)34(46)41-26-17-28(33(39)45)35(49-4)40-18-26)25-11-13-31-29(16-25)42-36(51-31)32-23(2)20-43(3)15-14-27(32)38(48)50-21-24-8-6-5-7-9-24/h5-9,11,13,16-18,22-23,27,30,32H,10,12,14-15,19-21H2,1-4H3,(H2,39,45)(H,41,46)/t22-,23+,27?,30+,32+/m0/s1. The van der Waals surface area contributed by atoms with Gasteiger partial charge in [0.2, 0.25) is 5.88 Å². The number of primary amides is 1. The molecule has 4 heterocycles. The number of hydrogen-bond donors (Lipinski definition) is 2. The average Bonchev–Trinajstić information content (AvgIpc) is 3.48. The molecule has 3 amide bonds. The summed E-state index contributed by atoms with van der Waals surface area (Å²) in [4.78, 5) is 65.6. The first-order valence-electron chi connectivity index (χ1n) is 17.3. The highest BCUT2D eigenvalue weighted by atomic mass is 32.1. The fourth-order valence-electron chi connectivity index (χ4n) is 7.36. The smallest absolute Gasteiger partial charge is 0.313 e. The Labute approximate surface area is 301 Å². The molecule has 12 nitrogen and oxygen atoms in total. The van der Waals surface area contributed by atoms with E-state index in [2.05, 4.69) is 36.1 Å². The van der Waals surface area contributed by atoms with Crippen LogP contribution in [-0.4, -0.2) is 77.3 Å². The number of anilines is 1. The van der Waals surface area contributed by atoms with Crippen LogP contribution in [0.15, 0.2) is 60.8 Å². The highest BCUT2D eigenvalue weighted by Gasteiger charge is 2.40. The summed E-state index contributed by atoms with van der Waals surface area (Å²) in [6.45, 7) is 6.50. The highest BCUT2D eigenvalue weighted by Crippen LogP contribution is 2.42. The minimum absolute atomic E-state index is 0.0104. The lowest BCUT2D eigenvalue weighted by Gasteiger charge is -2.38. The maximum Gasteiger partial charge on any atom is 0.313 e. The Hall–Kier alpha value is -4.88. The van der Waals surface area contributed by atoms with Crippen LogP contribution in [0.4, 0.5) is 5.69 Å². The van der Waals surface area contributed by atoms with Crippen molar-refractivity contribution in [2.24, 2.45) is 23.5 Å². The number of hydrogen-bond acceptors (Lipinski definition) is 10. The van der Waals surface area contributed by atoms with E-state index in [1.54, 1.807) is 16.2 Å². The fourth-order valence-corrected chi connectivity index (χ4v) is 8.61. The van der Waals surface area contributed by atoms with Crippen LogP contribution in [0, 0.1) is 17.8 Å². The van der Waals surface area contributed by atoms with Crippen LogP contribution in [0.2, 0.25) is 0 Å². The number of nitrogens with zero attached hydrogens (tertiary/aromatic N) is 4. The summed E-state index contributed by atoms with van der Waals surface area (Å²) < 4.78 is 11.9. The molecule has 5 atom stereocenters. The molecular weight excluding hydrogens is 669 g/mol. The molecule has 0 spiro atoms. The van der Waals surface area contributed by atoms with Crippen molar-refractivity contribution in [1.29, 1.82) is 0 Å². The lowest BCUT2D eigenvalue weighted by molar-refractivity contribution is -0.151. The van der Waals surface area contributed by atoms with Crippen molar-refractivity contribution >= 4 is 50.9 Å². The van der Waals surface area contributed by atoms with E-state index >= 15 is 0 Å². The third-order valence-electron chi connectivity index (χ3n) is 9.93. The summed E-state index contributed by atoms with van der Waals surface area (Å²) in [5, 5.41) is 3.48. The van der Waals surface area contributed by atoms with Crippen molar-refractivity contribution in [1.82, 2.24) is 19.8 Å². The monoisotopic (exact) mass is 712 g/mol. The van der Waals surface area contributed by atoms with Crippen LogP contribution in [0.5, 0.6) is 5.88 Å². The van der Waals surface area contributed by atoms with E-state index in [0.717, 1.165) is 45.9 Å². The van der Waals surface area contributed by atoms with Gasteiger partial charge >= 0.3 is 17.8 Å². The number of nitrogens with two attached hydrogens (primary N) is 1. The zero-order valence-corrected chi connectivity index (χ0v) is 30.2. The van der Waals surface area contributed by atoms with Gasteiger partial charge in [0.05, 0.1) is 46.2 Å². The third kappa shape index (κ3) is 8.04. The van der Waals surface area contributed by atoms with Crippen molar-refractivity contribution in [3.8, 4) is 5.88 Å². The Morgan fingerprint density at radius 3 is 2.55 bits per heavy atom. The molecule has 3 N–H and O–H groups in total. The molecule has 4 aromatic rings. The van der Waals surface area contributed by atoms with Crippen LogP contribution >= 0.6 is 11.3 Å². The van der Waals surface area contributed by atoms with Gasteiger partial charge in [-0.25, -0.2) is 9.97 Å². The number of amides is 3. The summed E-state index contributed by atoms with van der Waals surface area (Å²) in [6.07, 6.45) is 3.55. The van der Waals surface area contributed by atoms with E-state index in [1.807, 2.05) is 48.5 Å². The zero-order valence-electron chi connectivity index (χ0n) is 29.3. The number of piperidine rings is 1. The number of nitrogens with one attached hydrogen (secondary N) is 1. The van der Waals surface area contributed by atoms with Crippen LogP contribution in [0.3, 0.4) is 0 Å². The first-order valence-corrected chi connectivity index (χ1v) is 18.1. The number of methoxy groups -OCH3 is 1. The van der Waals surface area contributed by atoms with E-state index in [4.69, 9.17) is 20.2 Å². The molecule has 0 saturated carbocycles. The Bertz CT molecular complexity index is 1920. The van der Waals surface area contributed by atoms with E-state index in [0.29, 0.717) is 19.4 Å². The number of ether oxygens (including phenoxy) is 2. The molecule has 1 unspecified atom stereocenters. The quantitative estimate of drug-likeness (QED) is 0.186. The lowest BCUT2D eigenvalue weighted by Crippen LogP contribution is -2.46. The SMILES string of the molecule is COc1ncc(NC(=O)C(=O)N2C[C@@H](C)CC[C@@H]2c2ccc3sc([C@H]4C(C(=O)OCc5ccccc5)CCN(C)C[C@H]4C)nc3c2)cc1C(N)=O. The predicted octanol–water partition coefficient (Wildman–Crippen LogP) is 5.15. The summed E-state index contributed by atoms with van der Waals surface area (Å²) in [5.41, 5.74) is 8.23. The Morgan fingerprint density at radius 2 is 1.80 bits per heavy atom. The number of fused-ring (bicyclic) bond motifs is 1. The number of likely N-dealkylation sites (tertiary alicyclic amines) is 2. The van der Waals surface area contributed by atoms with Gasteiger partial charge in [0.15, 0.2) is 0 Å². The van der Waals surface area contributed by atoms with Gasteiger partial charge in [-0.05, 0) is 74.0 Å². The molecule has 0 bridgehead atoms. The maximum atomic E-state index is 13.7. The van der Waals surface area contributed by atoms with E-state index in [1.165, 1.54) is 19.4 Å². The fraction of sp³-hybridized carbons (Fsp3) is 0.421. The molecule has 2 aliphatic heterocycles. The number of rotatable bonds is 8. The van der Waals surface area contributed by atoms with E-state index in [-0.39, 0.29) is 59.4 Å². The number of benzene rings is 2. The molecule has 268 valence electrons. The van der Waals surface area contributed by atoms with Gasteiger partial charge in [0.1, 0.15) is 12.2 Å². The molecule has 2 saturated heterocycles. The molecule has 2 aliphatic rings. The molecule has 0 radical (unpaired) electrons. The second kappa shape index (κ2) is 15.6. The summed E-state index contributed by atoms with van der Waals surface area (Å²) in [5.74, 6) is -2.56. The minimum atomic E-state index is -0.842. The largest absolute Gasteiger partial charge is 0.480 e. The van der Waals surface area contributed by atoms with Crippen LogP contribution in [-0.2, 0) is 25.7 Å².